The number of halogens is 1. The number of hydrogen-bond donors (Lipinski definition) is 1. The molecule has 0 unspecified atom stereocenters. The molecule has 1 aliphatic carbocycles. The number of anilines is 3. The van der Waals surface area contributed by atoms with Crippen molar-refractivity contribution < 1.29 is 4.79 Å². The number of carbonyl (C=O) groups is 1. The maximum Gasteiger partial charge on any atom is 0.259 e. The summed E-state index contributed by atoms with van der Waals surface area (Å²) >= 11 is 6.04. The topological polar surface area (TPSA) is 58.1 Å². The molecule has 1 fully saturated rings. The Labute approximate surface area is 127 Å². The summed E-state index contributed by atoms with van der Waals surface area (Å²) in [6.07, 6.45) is 3.89. The number of pyridine rings is 2. The molecule has 1 saturated carbocycles. The van der Waals surface area contributed by atoms with E-state index in [0.29, 0.717) is 22.6 Å². The number of hydrogen-bond acceptors (Lipinski definition) is 4. The summed E-state index contributed by atoms with van der Waals surface area (Å²) in [5.74, 6) is 1.17. The van der Waals surface area contributed by atoms with E-state index in [1.165, 1.54) is 0 Å². The molecular formula is C15H13ClN4O. The average Bonchev–Trinajstić information content (AvgIpc) is 3.27. The Kier molecular flexibility index (Phi) is 2.65. The molecule has 5 nitrogen and oxygen atoms in total. The Hall–Kier alpha value is -2.14. The highest BCUT2D eigenvalue weighted by atomic mass is 35.5. The van der Waals surface area contributed by atoms with Crippen LogP contribution in [0.1, 0.15) is 28.8 Å². The predicted octanol–water partition coefficient (Wildman–Crippen LogP) is 3.30. The summed E-state index contributed by atoms with van der Waals surface area (Å²) in [5.41, 5.74) is 2.27. The van der Waals surface area contributed by atoms with Crippen LogP contribution in [0, 0.1) is 6.92 Å². The van der Waals surface area contributed by atoms with Crippen LogP contribution in [0.5, 0.6) is 0 Å². The fourth-order valence-corrected chi connectivity index (χ4v) is 2.77. The van der Waals surface area contributed by atoms with Gasteiger partial charge in [-0.1, -0.05) is 11.6 Å². The van der Waals surface area contributed by atoms with E-state index in [1.807, 2.05) is 17.9 Å². The largest absolute Gasteiger partial charge is 0.318 e. The molecule has 1 N–H and O–H groups in total. The molecule has 0 atom stereocenters. The van der Waals surface area contributed by atoms with Crippen molar-refractivity contribution in [3.05, 3.63) is 40.7 Å². The van der Waals surface area contributed by atoms with E-state index in [-0.39, 0.29) is 5.91 Å². The van der Waals surface area contributed by atoms with Gasteiger partial charge in [-0.3, -0.25) is 4.79 Å². The molecule has 0 bridgehead atoms. The quantitative estimate of drug-likeness (QED) is 0.821. The van der Waals surface area contributed by atoms with E-state index in [2.05, 4.69) is 15.3 Å². The van der Waals surface area contributed by atoms with Crippen molar-refractivity contribution in [1.82, 2.24) is 9.97 Å². The first kappa shape index (κ1) is 12.6. The van der Waals surface area contributed by atoms with Gasteiger partial charge in [0.05, 0.1) is 11.3 Å². The average molecular weight is 301 g/mol. The van der Waals surface area contributed by atoms with Crippen LogP contribution in [-0.4, -0.2) is 21.9 Å². The maximum absolute atomic E-state index is 12.5. The standard InChI is InChI=1S/C15H13ClN4O/c1-8-6-7-17-14-12(8)19-15(21)10-4-5-11(16)18-13(10)20(14)9-2-3-9/h4-7,9H,2-3H2,1H3,(H,19,21). The van der Waals surface area contributed by atoms with Crippen molar-refractivity contribution in [3.63, 3.8) is 0 Å². The molecule has 0 radical (unpaired) electrons. The number of rotatable bonds is 1. The molecule has 21 heavy (non-hydrogen) atoms. The maximum atomic E-state index is 12.5. The summed E-state index contributed by atoms with van der Waals surface area (Å²) in [4.78, 5) is 23.4. The molecule has 0 spiro atoms. The van der Waals surface area contributed by atoms with Crippen LogP contribution < -0.4 is 10.2 Å². The van der Waals surface area contributed by atoms with Gasteiger partial charge in [-0.15, -0.1) is 0 Å². The molecule has 6 heteroatoms. The molecule has 106 valence electrons. The second kappa shape index (κ2) is 4.43. The predicted molar refractivity (Wildman–Crippen MR) is 81.3 cm³/mol. The normalized spacial score (nSPS) is 16.9. The number of aromatic nitrogens is 2. The Bertz CT molecular complexity index is 757. The highest BCUT2D eigenvalue weighted by Crippen LogP contribution is 2.44. The fraction of sp³-hybridized carbons (Fsp3) is 0.267. The van der Waals surface area contributed by atoms with Gasteiger partial charge in [-0.05, 0) is 43.5 Å². The van der Waals surface area contributed by atoms with E-state index >= 15 is 0 Å². The van der Waals surface area contributed by atoms with Gasteiger partial charge in [0, 0.05) is 12.2 Å². The van der Waals surface area contributed by atoms with Gasteiger partial charge in [0.2, 0.25) is 0 Å². The summed E-state index contributed by atoms with van der Waals surface area (Å²) in [7, 11) is 0. The number of carbonyl (C=O) groups excluding carboxylic acids is 1. The molecule has 1 amide bonds. The third kappa shape index (κ3) is 1.96. The minimum absolute atomic E-state index is 0.172. The summed E-state index contributed by atoms with van der Waals surface area (Å²) < 4.78 is 0. The lowest BCUT2D eigenvalue weighted by molar-refractivity contribution is 0.102. The first-order valence-electron chi connectivity index (χ1n) is 6.88. The molecular weight excluding hydrogens is 288 g/mol. The van der Waals surface area contributed by atoms with Crippen molar-refractivity contribution in [2.24, 2.45) is 0 Å². The third-order valence-electron chi connectivity index (χ3n) is 3.83. The number of aryl methyl sites for hydroxylation is 1. The number of nitrogens with zero attached hydrogens (tertiary/aromatic N) is 3. The van der Waals surface area contributed by atoms with E-state index in [0.717, 1.165) is 29.9 Å². The Morgan fingerprint density at radius 3 is 2.86 bits per heavy atom. The van der Waals surface area contributed by atoms with E-state index < -0.39 is 0 Å². The zero-order valence-corrected chi connectivity index (χ0v) is 12.2. The van der Waals surface area contributed by atoms with Crippen LogP contribution in [0.25, 0.3) is 0 Å². The smallest absolute Gasteiger partial charge is 0.259 e. The van der Waals surface area contributed by atoms with Crippen molar-refractivity contribution in [1.29, 1.82) is 0 Å². The van der Waals surface area contributed by atoms with Gasteiger partial charge < -0.3 is 10.2 Å². The number of fused-ring (bicyclic) bond motifs is 2. The molecule has 0 aromatic carbocycles. The lowest BCUT2D eigenvalue weighted by atomic mass is 10.2. The first-order chi connectivity index (χ1) is 10.1. The van der Waals surface area contributed by atoms with Gasteiger partial charge in [-0.25, -0.2) is 9.97 Å². The molecule has 3 heterocycles. The molecule has 2 aliphatic rings. The minimum Gasteiger partial charge on any atom is -0.318 e. The SMILES string of the molecule is Cc1ccnc2c1NC(=O)c1ccc(Cl)nc1N2C1CC1. The van der Waals surface area contributed by atoms with E-state index in [9.17, 15) is 4.79 Å². The molecule has 1 aliphatic heterocycles. The lowest BCUT2D eigenvalue weighted by Crippen LogP contribution is -2.22. The number of amides is 1. The van der Waals surface area contributed by atoms with Crippen LogP contribution >= 0.6 is 11.6 Å². The summed E-state index contributed by atoms with van der Waals surface area (Å²) in [6, 6.07) is 5.58. The van der Waals surface area contributed by atoms with Crippen LogP contribution in [-0.2, 0) is 0 Å². The molecule has 4 rings (SSSR count). The highest BCUT2D eigenvalue weighted by Gasteiger charge is 2.38. The van der Waals surface area contributed by atoms with Gasteiger partial charge >= 0.3 is 0 Å². The van der Waals surface area contributed by atoms with Gasteiger partial charge in [0.25, 0.3) is 5.91 Å². The van der Waals surface area contributed by atoms with Crippen molar-refractivity contribution >= 4 is 34.8 Å². The molecule has 2 aromatic heterocycles. The second-order valence-electron chi connectivity index (χ2n) is 5.39. The van der Waals surface area contributed by atoms with Gasteiger partial charge in [0.1, 0.15) is 11.0 Å². The Balaban J connectivity index is 2.01. The van der Waals surface area contributed by atoms with Crippen LogP contribution in [0.15, 0.2) is 24.4 Å². The van der Waals surface area contributed by atoms with E-state index in [4.69, 9.17) is 11.6 Å². The minimum atomic E-state index is -0.172. The summed E-state index contributed by atoms with van der Waals surface area (Å²) in [6.45, 7) is 1.96. The first-order valence-corrected chi connectivity index (χ1v) is 7.25. The van der Waals surface area contributed by atoms with Crippen molar-refractivity contribution in [2.45, 2.75) is 25.8 Å². The molecule has 2 aromatic rings. The van der Waals surface area contributed by atoms with Gasteiger partial charge in [0.15, 0.2) is 5.82 Å². The van der Waals surface area contributed by atoms with Crippen LogP contribution in [0.4, 0.5) is 17.3 Å². The fourth-order valence-electron chi connectivity index (χ4n) is 2.63. The monoisotopic (exact) mass is 300 g/mol. The zero-order valence-electron chi connectivity index (χ0n) is 11.4. The van der Waals surface area contributed by atoms with Crippen LogP contribution in [0.2, 0.25) is 5.15 Å². The highest BCUT2D eigenvalue weighted by molar-refractivity contribution is 6.29. The Morgan fingerprint density at radius 1 is 1.29 bits per heavy atom. The third-order valence-corrected chi connectivity index (χ3v) is 4.04. The van der Waals surface area contributed by atoms with E-state index in [1.54, 1.807) is 18.3 Å². The summed E-state index contributed by atoms with van der Waals surface area (Å²) in [5, 5.41) is 3.33. The zero-order chi connectivity index (χ0) is 14.6. The lowest BCUT2D eigenvalue weighted by Gasteiger charge is -2.23. The van der Waals surface area contributed by atoms with Crippen molar-refractivity contribution in [2.75, 3.05) is 10.2 Å². The van der Waals surface area contributed by atoms with Crippen molar-refractivity contribution in [3.8, 4) is 0 Å². The number of nitrogens with one attached hydrogen (secondary N) is 1. The van der Waals surface area contributed by atoms with Crippen LogP contribution in [0.3, 0.4) is 0 Å². The Morgan fingerprint density at radius 2 is 2.10 bits per heavy atom. The molecule has 0 saturated heterocycles. The van der Waals surface area contributed by atoms with Gasteiger partial charge in [-0.2, -0.15) is 0 Å². The second-order valence-corrected chi connectivity index (χ2v) is 5.77.